The van der Waals surface area contributed by atoms with Crippen LogP contribution < -0.4 is 10.6 Å². The molecule has 0 aliphatic carbocycles. The fraction of sp³-hybridized carbons (Fsp3) is 0.111. The van der Waals surface area contributed by atoms with Crippen molar-refractivity contribution in [1.29, 1.82) is 0 Å². The number of hydrogen-bond acceptors (Lipinski definition) is 3. The number of thiocarbonyl (C=S) groups is 1. The Hall–Kier alpha value is -1.20. The Balaban J connectivity index is 2.27. The van der Waals surface area contributed by atoms with E-state index in [1.165, 1.54) is 4.88 Å². The Bertz CT molecular complexity index is 434. The number of amides is 1. The summed E-state index contributed by atoms with van der Waals surface area (Å²) in [6.07, 6.45) is 1.80. The SMILES string of the molecule is Cc1ccc(C=C2NC(=S)NC2=O)s1. The van der Waals surface area contributed by atoms with E-state index in [2.05, 4.69) is 10.6 Å². The van der Waals surface area contributed by atoms with Crippen LogP contribution in [0.1, 0.15) is 9.75 Å². The van der Waals surface area contributed by atoms with Crippen molar-refractivity contribution in [3.8, 4) is 0 Å². The van der Waals surface area contributed by atoms with Gasteiger partial charge in [-0.25, -0.2) is 0 Å². The average Bonchev–Trinajstić information content (AvgIpc) is 2.61. The van der Waals surface area contributed by atoms with Crippen molar-refractivity contribution >= 4 is 40.7 Å². The van der Waals surface area contributed by atoms with Crippen molar-refractivity contribution < 1.29 is 4.79 Å². The second-order valence-electron chi connectivity index (χ2n) is 2.91. The third-order valence-electron chi connectivity index (χ3n) is 1.77. The molecule has 5 heteroatoms. The minimum absolute atomic E-state index is 0.166. The van der Waals surface area contributed by atoms with Gasteiger partial charge >= 0.3 is 0 Å². The zero-order chi connectivity index (χ0) is 10.1. The van der Waals surface area contributed by atoms with Gasteiger partial charge in [-0.05, 0) is 37.4 Å². The van der Waals surface area contributed by atoms with Crippen LogP contribution >= 0.6 is 23.6 Å². The summed E-state index contributed by atoms with van der Waals surface area (Å²) in [5.41, 5.74) is 0.511. The van der Waals surface area contributed by atoms with Gasteiger partial charge in [0.25, 0.3) is 5.91 Å². The minimum Gasteiger partial charge on any atom is -0.328 e. The molecular weight excluding hydrogens is 216 g/mol. The van der Waals surface area contributed by atoms with E-state index in [1.807, 2.05) is 19.1 Å². The smallest absolute Gasteiger partial charge is 0.273 e. The van der Waals surface area contributed by atoms with Crippen molar-refractivity contribution in [3.63, 3.8) is 0 Å². The molecule has 0 radical (unpaired) electrons. The monoisotopic (exact) mass is 224 g/mol. The van der Waals surface area contributed by atoms with Crippen LogP contribution in [0.5, 0.6) is 0 Å². The maximum Gasteiger partial charge on any atom is 0.273 e. The molecule has 14 heavy (non-hydrogen) atoms. The van der Waals surface area contributed by atoms with Crippen LogP contribution in [0.3, 0.4) is 0 Å². The lowest BCUT2D eigenvalue weighted by Gasteiger charge is -1.91. The molecule has 0 aromatic carbocycles. The summed E-state index contributed by atoms with van der Waals surface area (Å²) < 4.78 is 0. The van der Waals surface area contributed by atoms with Gasteiger partial charge < -0.3 is 5.32 Å². The average molecular weight is 224 g/mol. The van der Waals surface area contributed by atoms with Crippen molar-refractivity contribution in [3.05, 3.63) is 27.6 Å². The molecule has 1 aliphatic rings. The number of carbonyl (C=O) groups excluding carboxylic acids is 1. The molecule has 72 valence electrons. The first-order valence-electron chi connectivity index (χ1n) is 4.05. The molecule has 1 aliphatic heterocycles. The molecule has 1 saturated heterocycles. The maximum absolute atomic E-state index is 11.3. The van der Waals surface area contributed by atoms with E-state index in [1.54, 1.807) is 17.4 Å². The molecule has 2 rings (SSSR count). The van der Waals surface area contributed by atoms with Gasteiger partial charge in [-0.1, -0.05) is 0 Å². The lowest BCUT2D eigenvalue weighted by molar-refractivity contribution is -0.115. The molecule has 0 atom stereocenters. The number of carbonyl (C=O) groups is 1. The zero-order valence-corrected chi connectivity index (χ0v) is 9.09. The fourth-order valence-electron chi connectivity index (χ4n) is 1.16. The molecule has 0 bridgehead atoms. The van der Waals surface area contributed by atoms with Crippen LogP contribution in [0.2, 0.25) is 0 Å². The Morgan fingerprint density at radius 1 is 1.43 bits per heavy atom. The number of nitrogens with one attached hydrogen (secondary N) is 2. The van der Waals surface area contributed by atoms with Crippen molar-refractivity contribution in [2.45, 2.75) is 6.92 Å². The fourth-order valence-corrected chi connectivity index (χ4v) is 2.18. The van der Waals surface area contributed by atoms with Gasteiger partial charge in [0.1, 0.15) is 5.70 Å². The Morgan fingerprint density at radius 3 is 2.71 bits per heavy atom. The second kappa shape index (κ2) is 3.51. The summed E-state index contributed by atoms with van der Waals surface area (Å²) in [7, 11) is 0. The van der Waals surface area contributed by atoms with E-state index >= 15 is 0 Å². The van der Waals surface area contributed by atoms with E-state index in [4.69, 9.17) is 12.2 Å². The number of thiophene rings is 1. The second-order valence-corrected chi connectivity index (χ2v) is 4.64. The summed E-state index contributed by atoms with van der Waals surface area (Å²) in [4.78, 5) is 13.5. The molecule has 3 nitrogen and oxygen atoms in total. The standard InChI is InChI=1S/C9H8N2OS2/c1-5-2-3-6(14-5)4-7-8(12)11-9(13)10-7/h2-4H,1H3,(H2,10,11,12,13). The Morgan fingerprint density at radius 2 is 2.21 bits per heavy atom. The van der Waals surface area contributed by atoms with Crippen LogP contribution in [-0.2, 0) is 4.79 Å². The molecule has 0 unspecified atom stereocenters. The van der Waals surface area contributed by atoms with Gasteiger partial charge in [0.2, 0.25) is 0 Å². The normalized spacial score (nSPS) is 18.5. The zero-order valence-electron chi connectivity index (χ0n) is 7.46. The highest BCUT2D eigenvalue weighted by molar-refractivity contribution is 7.80. The van der Waals surface area contributed by atoms with Gasteiger partial charge in [-0.2, -0.15) is 0 Å². The minimum atomic E-state index is -0.166. The van der Waals surface area contributed by atoms with Crippen LogP contribution in [0.25, 0.3) is 6.08 Å². The maximum atomic E-state index is 11.3. The van der Waals surface area contributed by atoms with E-state index < -0.39 is 0 Å². The predicted octanol–water partition coefficient (Wildman–Crippen LogP) is 1.40. The van der Waals surface area contributed by atoms with E-state index in [0.717, 1.165) is 4.88 Å². The summed E-state index contributed by atoms with van der Waals surface area (Å²) in [6, 6.07) is 3.99. The van der Waals surface area contributed by atoms with Gasteiger partial charge in [-0.3, -0.25) is 10.1 Å². The highest BCUT2D eigenvalue weighted by Gasteiger charge is 2.19. The number of aryl methyl sites for hydroxylation is 1. The summed E-state index contributed by atoms with van der Waals surface area (Å²) in [5.74, 6) is -0.166. The first-order chi connectivity index (χ1) is 6.65. The molecule has 1 fully saturated rings. The first kappa shape index (κ1) is 9.36. The van der Waals surface area contributed by atoms with Crippen LogP contribution in [0, 0.1) is 6.92 Å². The van der Waals surface area contributed by atoms with E-state index in [0.29, 0.717) is 10.8 Å². The van der Waals surface area contributed by atoms with Crippen LogP contribution in [0.4, 0.5) is 0 Å². The van der Waals surface area contributed by atoms with Gasteiger partial charge in [0.15, 0.2) is 5.11 Å². The molecule has 1 aromatic heterocycles. The largest absolute Gasteiger partial charge is 0.328 e. The summed E-state index contributed by atoms with van der Waals surface area (Å²) in [6.45, 7) is 2.03. The molecule has 1 amide bonds. The molecule has 0 spiro atoms. The number of hydrogen-bond donors (Lipinski definition) is 2. The Kier molecular flexibility index (Phi) is 2.35. The predicted molar refractivity (Wildman–Crippen MR) is 60.9 cm³/mol. The molecule has 2 N–H and O–H groups in total. The van der Waals surface area contributed by atoms with Crippen molar-refractivity contribution in [1.82, 2.24) is 10.6 Å². The third kappa shape index (κ3) is 1.83. The van der Waals surface area contributed by atoms with Crippen molar-refractivity contribution in [2.75, 3.05) is 0 Å². The summed E-state index contributed by atoms with van der Waals surface area (Å²) in [5, 5.41) is 5.68. The molecule has 0 saturated carbocycles. The van der Waals surface area contributed by atoms with Crippen molar-refractivity contribution in [2.24, 2.45) is 0 Å². The molecule has 1 aromatic rings. The van der Waals surface area contributed by atoms with Gasteiger partial charge in [-0.15, -0.1) is 11.3 Å². The quantitative estimate of drug-likeness (QED) is 0.559. The lowest BCUT2D eigenvalue weighted by Crippen LogP contribution is -2.21. The highest BCUT2D eigenvalue weighted by atomic mass is 32.1. The van der Waals surface area contributed by atoms with Crippen LogP contribution in [-0.4, -0.2) is 11.0 Å². The van der Waals surface area contributed by atoms with E-state index in [9.17, 15) is 4.79 Å². The van der Waals surface area contributed by atoms with Crippen LogP contribution in [0.15, 0.2) is 17.8 Å². The third-order valence-corrected chi connectivity index (χ3v) is 2.92. The topological polar surface area (TPSA) is 41.1 Å². The van der Waals surface area contributed by atoms with Gasteiger partial charge in [0, 0.05) is 9.75 Å². The number of rotatable bonds is 1. The molecule has 2 heterocycles. The van der Waals surface area contributed by atoms with Gasteiger partial charge in [0.05, 0.1) is 0 Å². The summed E-state index contributed by atoms with van der Waals surface area (Å²) >= 11 is 6.45. The van der Waals surface area contributed by atoms with E-state index in [-0.39, 0.29) is 5.91 Å². The lowest BCUT2D eigenvalue weighted by atomic mass is 10.3. The first-order valence-corrected chi connectivity index (χ1v) is 5.28. The Labute approximate surface area is 90.8 Å². The highest BCUT2D eigenvalue weighted by Crippen LogP contribution is 2.18. The molecular formula is C9H8N2OS2.